The van der Waals surface area contributed by atoms with E-state index in [1.54, 1.807) is 0 Å². The number of nitrogens with zero attached hydrogens (tertiary/aromatic N) is 3. The molecule has 0 atom stereocenters. The van der Waals surface area contributed by atoms with Crippen LogP contribution in [0.3, 0.4) is 0 Å². The second kappa shape index (κ2) is 11.2. The van der Waals surface area contributed by atoms with Gasteiger partial charge in [0.1, 0.15) is 11.2 Å². The summed E-state index contributed by atoms with van der Waals surface area (Å²) in [7, 11) is 0. The lowest BCUT2D eigenvalue weighted by atomic mass is 9.92. The molecule has 9 rings (SSSR count). The third kappa shape index (κ3) is 4.84. The molecule has 0 unspecified atom stereocenters. The standard InChI is InChI=1S/C43H27N3O/c1-3-13-30(14-4-1)41-44-42(31-15-5-2-6-16-31)46-43(45-41)32-24-22-29(23-25-32)37-26-33(35-20-11-17-28-12-7-8-18-34(28)35)27-39-40(37)36-19-9-10-21-38(36)47-39/h1-27H. The van der Waals surface area contributed by atoms with Gasteiger partial charge in [0.15, 0.2) is 17.5 Å². The van der Waals surface area contributed by atoms with Crippen molar-refractivity contribution in [1.82, 2.24) is 15.0 Å². The Morgan fingerprint density at radius 1 is 0.340 bits per heavy atom. The van der Waals surface area contributed by atoms with E-state index in [1.807, 2.05) is 72.8 Å². The second-order valence-corrected chi connectivity index (χ2v) is 11.6. The first-order chi connectivity index (χ1) is 23.3. The molecule has 0 saturated carbocycles. The first-order valence-corrected chi connectivity index (χ1v) is 15.7. The van der Waals surface area contributed by atoms with Crippen LogP contribution in [-0.4, -0.2) is 15.0 Å². The van der Waals surface area contributed by atoms with Crippen LogP contribution < -0.4 is 0 Å². The van der Waals surface area contributed by atoms with Gasteiger partial charge in [-0.05, 0) is 51.2 Å². The molecule has 0 radical (unpaired) electrons. The van der Waals surface area contributed by atoms with E-state index in [0.29, 0.717) is 17.5 Å². The highest BCUT2D eigenvalue weighted by Crippen LogP contribution is 2.41. The maximum atomic E-state index is 6.47. The molecule has 4 nitrogen and oxygen atoms in total. The first-order valence-electron chi connectivity index (χ1n) is 15.7. The number of fused-ring (bicyclic) bond motifs is 4. The van der Waals surface area contributed by atoms with Crippen LogP contribution in [0.25, 0.3) is 89.1 Å². The number of furan rings is 1. The molecule has 0 bridgehead atoms. The zero-order valence-electron chi connectivity index (χ0n) is 25.3. The van der Waals surface area contributed by atoms with E-state index in [9.17, 15) is 0 Å². The molecule has 0 N–H and O–H groups in total. The van der Waals surface area contributed by atoms with Crippen LogP contribution >= 0.6 is 0 Å². The second-order valence-electron chi connectivity index (χ2n) is 11.6. The van der Waals surface area contributed by atoms with E-state index in [2.05, 4.69) is 91.0 Å². The fourth-order valence-electron chi connectivity index (χ4n) is 6.45. The maximum Gasteiger partial charge on any atom is 0.164 e. The number of rotatable bonds is 5. The van der Waals surface area contributed by atoms with Crippen molar-refractivity contribution < 1.29 is 4.42 Å². The molecule has 7 aromatic carbocycles. The molecule has 0 spiro atoms. The third-order valence-corrected chi connectivity index (χ3v) is 8.73. The number of hydrogen-bond donors (Lipinski definition) is 0. The SMILES string of the molecule is c1ccc(-c2nc(-c3ccccc3)nc(-c3ccc(-c4cc(-c5cccc6ccccc56)cc5oc6ccccc6c45)cc3)n2)cc1. The summed E-state index contributed by atoms with van der Waals surface area (Å²) in [5, 5.41) is 4.63. The zero-order chi connectivity index (χ0) is 31.2. The Kier molecular flexibility index (Phi) is 6.43. The lowest BCUT2D eigenvalue weighted by molar-refractivity contribution is 0.669. The molecule has 0 aliphatic carbocycles. The minimum atomic E-state index is 0.632. The molecule has 0 amide bonds. The van der Waals surface area contributed by atoms with Crippen molar-refractivity contribution in [2.45, 2.75) is 0 Å². The van der Waals surface area contributed by atoms with Crippen molar-refractivity contribution in [3.8, 4) is 56.4 Å². The van der Waals surface area contributed by atoms with Gasteiger partial charge in [-0.1, -0.05) is 146 Å². The summed E-state index contributed by atoms with van der Waals surface area (Å²) in [4.78, 5) is 14.7. The van der Waals surface area contributed by atoms with Gasteiger partial charge in [-0.25, -0.2) is 15.0 Å². The molecule has 4 heteroatoms. The highest BCUT2D eigenvalue weighted by atomic mass is 16.3. The van der Waals surface area contributed by atoms with Crippen molar-refractivity contribution in [2.24, 2.45) is 0 Å². The Morgan fingerprint density at radius 3 is 1.55 bits per heavy atom. The molecule has 2 aromatic heterocycles. The number of aromatic nitrogens is 3. The van der Waals surface area contributed by atoms with Crippen LogP contribution in [0.4, 0.5) is 0 Å². The smallest absolute Gasteiger partial charge is 0.164 e. The topological polar surface area (TPSA) is 51.8 Å². The van der Waals surface area contributed by atoms with Crippen LogP contribution in [-0.2, 0) is 0 Å². The average molecular weight is 602 g/mol. The van der Waals surface area contributed by atoms with E-state index in [1.165, 1.54) is 16.3 Å². The van der Waals surface area contributed by atoms with Gasteiger partial charge in [0, 0.05) is 27.5 Å². The molecule has 47 heavy (non-hydrogen) atoms. The van der Waals surface area contributed by atoms with Gasteiger partial charge in [-0.2, -0.15) is 0 Å². The summed E-state index contributed by atoms with van der Waals surface area (Å²) < 4.78 is 6.47. The van der Waals surface area contributed by atoms with Crippen LogP contribution in [0.15, 0.2) is 168 Å². The molecule has 2 heterocycles. The highest BCUT2D eigenvalue weighted by Gasteiger charge is 2.17. The molecule has 0 saturated heterocycles. The van der Waals surface area contributed by atoms with Gasteiger partial charge in [-0.3, -0.25) is 0 Å². The Hall–Kier alpha value is -6.39. The minimum absolute atomic E-state index is 0.632. The Labute approximate surface area is 271 Å². The van der Waals surface area contributed by atoms with Crippen molar-refractivity contribution in [2.75, 3.05) is 0 Å². The van der Waals surface area contributed by atoms with Gasteiger partial charge in [-0.15, -0.1) is 0 Å². The molecule has 9 aromatic rings. The summed E-state index contributed by atoms with van der Waals surface area (Å²) >= 11 is 0. The quantitative estimate of drug-likeness (QED) is 0.197. The predicted molar refractivity (Wildman–Crippen MR) is 192 cm³/mol. The van der Waals surface area contributed by atoms with Gasteiger partial charge in [0.05, 0.1) is 0 Å². The van der Waals surface area contributed by atoms with Crippen LogP contribution in [0.5, 0.6) is 0 Å². The van der Waals surface area contributed by atoms with E-state index >= 15 is 0 Å². The van der Waals surface area contributed by atoms with E-state index < -0.39 is 0 Å². The number of para-hydroxylation sites is 1. The van der Waals surface area contributed by atoms with E-state index in [4.69, 9.17) is 19.4 Å². The fourth-order valence-corrected chi connectivity index (χ4v) is 6.45. The van der Waals surface area contributed by atoms with Crippen molar-refractivity contribution in [1.29, 1.82) is 0 Å². The summed E-state index contributed by atoms with van der Waals surface area (Å²) in [5.41, 5.74) is 9.06. The normalized spacial score (nSPS) is 11.4. The van der Waals surface area contributed by atoms with E-state index in [-0.39, 0.29) is 0 Å². The Morgan fingerprint density at radius 2 is 0.872 bits per heavy atom. The molecule has 0 fully saturated rings. The largest absolute Gasteiger partial charge is 0.456 e. The van der Waals surface area contributed by atoms with Crippen LogP contribution in [0.2, 0.25) is 0 Å². The summed E-state index contributed by atoms with van der Waals surface area (Å²) in [6, 6.07) is 56.4. The molecular formula is C43H27N3O. The first kappa shape index (κ1) is 27.0. The van der Waals surface area contributed by atoms with Gasteiger partial charge in [0.25, 0.3) is 0 Å². The molecular weight excluding hydrogens is 574 g/mol. The molecule has 220 valence electrons. The maximum absolute atomic E-state index is 6.47. The minimum Gasteiger partial charge on any atom is -0.456 e. The molecule has 0 aliphatic heterocycles. The Bertz CT molecular complexity index is 2490. The van der Waals surface area contributed by atoms with Gasteiger partial charge < -0.3 is 4.42 Å². The Balaban J connectivity index is 1.21. The fraction of sp³-hybridized carbons (Fsp3) is 0. The summed E-state index contributed by atoms with van der Waals surface area (Å²) in [6.07, 6.45) is 0. The highest BCUT2D eigenvalue weighted by molar-refractivity contribution is 6.14. The van der Waals surface area contributed by atoms with Crippen molar-refractivity contribution >= 4 is 32.7 Å². The predicted octanol–water partition coefficient (Wildman–Crippen LogP) is 11.3. The lowest BCUT2D eigenvalue weighted by Gasteiger charge is -2.12. The average Bonchev–Trinajstić information content (AvgIpc) is 3.53. The van der Waals surface area contributed by atoms with Crippen LogP contribution in [0.1, 0.15) is 0 Å². The number of benzene rings is 7. The summed E-state index contributed by atoms with van der Waals surface area (Å²) in [5.74, 6) is 1.92. The van der Waals surface area contributed by atoms with Crippen molar-refractivity contribution in [3.05, 3.63) is 164 Å². The lowest BCUT2D eigenvalue weighted by Crippen LogP contribution is -2.00. The monoisotopic (exact) mass is 601 g/mol. The molecule has 0 aliphatic rings. The van der Waals surface area contributed by atoms with Crippen molar-refractivity contribution in [3.63, 3.8) is 0 Å². The summed E-state index contributed by atoms with van der Waals surface area (Å²) in [6.45, 7) is 0. The third-order valence-electron chi connectivity index (χ3n) is 8.73. The van der Waals surface area contributed by atoms with Gasteiger partial charge >= 0.3 is 0 Å². The zero-order valence-corrected chi connectivity index (χ0v) is 25.3. The van der Waals surface area contributed by atoms with Crippen LogP contribution in [0, 0.1) is 0 Å². The van der Waals surface area contributed by atoms with Gasteiger partial charge in [0.2, 0.25) is 0 Å². The number of hydrogen-bond acceptors (Lipinski definition) is 4. The van der Waals surface area contributed by atoms with E-state index in [0.717, 1.165) is 55.3 Å².